The lowest BCUT2D eigenvalue weighted by atomic mass is 10.2. The highest BCUT2D eigenvalue weighted by molar-refractivity contribution is 5.49. The molecule has 1 N–H and O–H groups in total. The Kier molecular flexibility index (Phi) is 3.55. The van der Waals surface area contributed by atoms with Gasteiger partial charge in [0.2, 0.25) is 0 Å². The van der Waals surface area contributed by atoms with Crippen LogP contribution in [0.3, 0.4) is 0 Å². The Morgan fingerprint density at radius 2 is 1.79 bits per heavy atom. The van der Waals surface area contributed by atoms with E-state index in [2.05, 4.69) is 11.8 Å². The van der Waals surface area contributed by atoms with Crippen molar-refractivity contribution in [3.8, 4) is 11.8 Å². The van der Waals surface area contributed by atoms with Crippen LogP contribution < -0.4 is 4.90 Å². The highest BCUT2D eigenvalue weighted by atomic mass is 16.3. The van der Waals surface area contributed by atoms with Crippen LogP contribution in [0.1, 0.15) is 12.5 Å². The lowest BCUT2D eigenvalue weighted by Crippen LogP contribution is -2.07. The SMILES string of the molecule is C[C@H](O)C#Cc1ccc(N(C)C)cc1. The van der Waals surface area contributed by atoms with E-state index in [1.54, 1.807) is 6.92 Å². The lowest BCUT2D eigenvalue weighted by molar-refractivity contribution is 0.253. The summed E-state index contributed by atoms with van der Waals surface area (Å²) in [6.45, 7) is 1.65. The second kappa shape index (κ2) is 4.69. The first kappa shape index (κ1) is 10.6. The van der Waals surface area contributed by atoms with Crippen molar-refractivity contribution in [2.75, 3.05) is 19.0 Å². The minimum atomic E-state index is -0.566. The summed E-state index contributed by atoms with van der Waals surface area (Å²) in [5.41, 5.74) is 2.07. The standard InChI is InChI=1S/C12H15NO/c1-10(14)4-5-11-6-8-12(9-7-11)13(2)3/h6-10,14H,1-3H3/t10-/m0/s1. The summed E-state index contributed by atoms with van der Waals surface area (Å²) in [6, 6.07) is 7.91. The first-order valence-corrected chi connectivity index (χ1v) is 4.56. The molecule has 0 fully saturated rings. The zero-order chi connectivity index (χ0) is 10.6. The zero-order valence-electron chi connectivity index (χ0n) is 8.78. The van der Waals surface area contributed by atoms with Gasteiger partial charge < -0.3 is 10.0 Å². The van der Waals surface area contributed by atoms with Gasteiger partial charge in [0, 0.05) is 25.3 Å². The molecule has 0 aliphatic carbocycles. The van der Waals surface area contributed by atoms with Crippen LogP contribution in [0.15, 0.2) is 24.3 Å². The third-order valence-electron chi connectivity index (χ3n) is 1.81. The maximum absolute atomic E-state index is 8.97. The Bertz CT molecular complexity index is 341. The van der Waals surface area contributed by atoms with Gasteiger partial charge in [0.1, 0.15) is 6.10 Å². The van der Waals surface area contributed by atoms with E-state index in [-0.39, 0.29) is 0 Å². The Morgan fingerprint density at radius 3 is 2.21 bits per heavy atom. The molecule has 0 amide bonds. The molecule has 0 spiro atoms. The van der Waals surface area contributed by atoms with Gasteiger partial charge >= 0.3 is 0 Å². The minimum absolute atomic E-state index is 0.566. The predicted octanol–water partition coefficient (Wildman–Crippen LogP) is 1.48. The molecule has 0 heterocycles. The highest BCUT2D eigenvalue weighted by Gasteiger charge is 1.93. The topological polar surface area (TPSA) is 23.5 Å². The summed E-state index contributed by atoms with van der Waals surface area (Å²) >= 11 is 0. The van der Waals surface area contributed by atoms with E-state index >= 15 is 0 Å². The Labute approximate surface area is 85.2 Å². The van der Waals surface area contributed by atoms with Gasteiger partial charge in [0.05, 0.1) is 0 Å². The lowest BCUT2D eigenvalue weighted by Gasteiger charge is -2.11. The van der Waals surface area contributed by atoms with Gasteiger partial charge in [-0.15, -0.1) is 0 Å². The smallest absolute Gasteiger partial charge is 0.112 e. The molecule has 2 heteroatoms. The van der Waals surface area contributed by atoms with Crippen LogP contribution in [0.4, 0.5) is 5.69 Å². The van der Waals surface area contributed by atoms with Crippen LogP contribution in [-0.4, -0.2) is 25.3 Å². The Morgan fingerprint density at radius 1 is 1.21 bits per heavy atom. The molecule has 1 rings (SSSR count). The van der Waals surface area contributed by atoms with Crippen LogP contribution in [-0.2, 0) is 0 Å². The first-order valence-electron chi connectivity index (χ1n) is 4.56. The summed E-state index contributed by atoms with van der Waals surface area (Å²) in [7, 11) is 3.99. The van der Waals surface area contributed by atoms with Crippen molar-refractivity contribution in [3.05, 3.63) is 29.8 Å². The quantitative estimate of drug-likeness (QED) is 0.676. The molecule has 0 aliphatic rings. The van der Waals surface area contributed by atoms with E-state index < -0.39 is 6.10 Å². The summed E-state index contributed by atoms with van der Waals surface area (Å²) < 4.78 is 0. The molecule has 1 atom stereocenters. The van der Waals surface area contributed by atoms with Gasteiger partial charge in [0.25, 0.3) is 0 Å². The molecule has 0 unspecified atom stereocenters. The fourth-order valence-corrected chi connectivity index (χ4v) is 1.03. The fourth-order valence-electron chi connectivity index (χ4n) is 1.03. The number of rotatable bonds is 1. The van der Waals surface area contributed by atoms with Gasteiger partial charge in [0.15, 0.2) is 0 Å². The summed E-state index contributed by atoms with van der Waals surface area (Å²) in [6.07, 6.45) is -0.566. The maximum Gasteiger partial charge on any atom is 0.112 e. The van der Waals surface area contributed by atoms with Crippen LogP contribution in [0, 0.1) is 11.8 Å². The molecular weight excluding hydrogens is 174 g/mol. The van der Waals surface area contributed by atoms with Crippen LogP contribution in [0.25, 0.3) is 0 Å². The van der Waals surface area contributed by atoms with Gasteiger partial charge in [-0.05, 0) is 31.2 Å². The average molecular weight is 189 g/mol. The first-order chi connectivity index (χ1) is 6.59. The van der Waals surface area contributed by atoms with E-state index in [1.807, 2.05) is 43.3 Å². The third-order valence-corrected chi connectivity index (χ3v) is 1.81. The van der Waals surface area contributed by atoms with E-state index in [4.69, 9.17) is 5.11 Å². The Hall–Kier alpha value is -1.46. The monoisotopic (exact) mass is 189 g/mol. The predicted molar refractivity (Wildman–Crippen MR) is 59.3 cm³/mol. The zero-order valence-corrected chi connectivity index (χ0v) is 8.78. The number of aliphatic hydroxyl groups excluding tert-OH is 1. The molecule has 0 aromatic heterocycles. The van der Waals surface area contributed by atoms with E-state index in [0.717, 1.165) is 11.3 Å². The molecule has 0 radical (unpaired) electrons. The van der Waals surface area contributed by atoms with Crippen molar-refractivity contribution in [3.63, 3.8) is 0 Å². The highest BCUT2D eigenvalue weighted by Crippen LogP contribution is 2.11. The van der Waals surface area contributed by atoms with Gasteiger partial charge in [-0.2, -0.15) is 0 Å². The van der Waals surface area contributed by atoms with Crippen molar-refractivity contribution in [1.29, 1.82) is 0 Å². The summed E-state index contributed by atoms with van der Waals surface area (Å²) in [4.78, 5) is 2.03. The average Bonchev–Trinajstić information content (AvgIpc) is 2.15. The summed E-state index contributed by atoms with van der Waals surface area (Å²) in [5, 5.41) is 8.97. The summed E-state index contributed by atoms with van der Waals surface area (Å²) in [5.74, 6) is 5.59. The van der Waals surface area contributed by atoms with Crippen molar-refractivity contribution in [2.24, 2.45) is 0 Å². The van der Waals surface area contributed by atoms with Crippen molar-refractivity contribution in [2.45, 2.75) is 13.0 Å². The molecule has 14 heavy (non-hydrogen) atoms. The molecule has 0 aliphatic heterocycles. The van der Waals surface area contributed by atoms with Crippen LogP contribution >= 0.6 is 0 Å². The molecule has 0 saturated carbocycles. The molecule has 1 aromatic rings. The van der Waals surface area contributed by atoms with Crippen LogP contribution in [0.2, 0.25) is 0 Å². The van der Waals surface area contributed by atoms with E-state index in [9.17, 15) is 0 Å². The number of nitrogens with zero attached hydrogens (tertiary/aromatic N) is 1. The second-order valence-electron chi connectivity index (χ2n) is 3.39. The molecule has 0 bridgehead atoms. The second-order valence-corrected chi connectivity index (χ2v) is 3.39. The third kappa shape index (κ3) is 3.12. The normalized spacial score (nSPS) is 11.4. The molecule has 74 valence electrons. The minimum Gasteiger partial charge on any atom is -0.381 e. The van der Waals surface area contributed by atoms with Crippen LogP contribution in [0.5, 0.6) is 0 Å². The van der Waals surface area contributed by atoms with Crippen molar-refractivity contribution in [1.82, 2.24) is 0 Å². The number of aliphatic hydroxyl groups is 1. The number of anilines is 1. The van der Waals surface area contributed by atoms with Gasteiger partial charge in [-0.25, -0.2) is 0 Å². The van der Waals surface area contributed by atoms with Gasteiger partial charge in [-0.1, -0.05) is 11.8 Å². The number of benzene rings is 1. The molecule has 1 aromatic carbocycles. The molecular formula is C12H15NO. The largest absolute Gasteiger partial charge is 0.381 e. The Balaban J connectivity index is 2.80. The number of hydrogen-bond donors (Lipinski definition) is 1. The number of hydrogen-bond acceptors (Lipinski definition) is 2. The fraction of sp³-hybridized carbons (Fsp3) is 0.333. The van der Waals surface area contributed by atoms with E-state index in [1.165, 1.54) is 0 Å². The van der Waals surface area contributed by atoms with Crippen molar-refractivity contribution >= 4 is 5.69 Å². The van der Waals surface area contributed by atoms with Crippen molar-refractivity contribution < 1.29 is 5.11 Å². The van der Waals surface area contributed by atoms with Gasteiger partial charge in [-0.3, -0.25) is 0 Å². The van der Waals surface area contributed by atoms with E-state index in [0.29, 0.717) is 0 Å². The molecule has 2 nitrogen and oxygen atoms in total. The molecule has 0 saturated heterocycles. The maximum atomic E-state index is 8.97.